The largest absolute Gasteiger partial charge is 0.350 e. The van der Waals surface area contributed by atoms with Crippen LogP contribution in [0.3, 0.4) is 0 Å². The van der Waals surface area contributed by atoms with E-state index in [0.29, 0.717) is 21.3 Å². The molecule has 0 saturated heterocycles. The van der Waals surface area contributed by atoms with E-state index in [1.807, 2.05) is 5.38 Å². The quantitative estimate of drug-likeness (QED) is 0.850. The van der Waals surface area contributed by atoms with E-state index < -0.39 is 0 Å². The Morgan fingerprint density at radius 2 is 2.47 bits per heavy atom. The van der Waals surface area contributed by atoms with Crippen LogP contribution in [-0.4, -0.2) is 17.3 Å². The number of amides is 1. The van der Waals surface area contributed by atoms with Gasteiger partial charge in [-0.1, -0.05) is 27.5 Å². The molecule has 5 heteroatoms. The molecule has 15 heavy (non-hydrogen) atoms. The molecule has 0 spiro atoms. The summed E-state index contributed by atoms with van der Waals surface area (Å²) in [4.78, 5) is 12.7. The summed E-state index contributed by atoms with van der Waals surface area (Å²) in [5, 5.41) is 5.25. The number of halogens is 2. The average Bonchev–Trinajstić information content (AvgIpc) is 2.98. The van der Waals surface area contributed by atoms with Gasteiger partial charge in [0.15, 0.2) is 0 Å². The van der Waals surface area contributed by atoms with Gasteiger partial charge < -0.3 is 5.32 Å². The molecule has 2 nitrogen and oxygen atoms in total. The highest BCUT2D eigenvalue weighted by Gasteiger charge is 2.29. The number of hydrogen-bond donors (Lipinski definition) is 1. The van der Waals surface area contributed by atoms with Crippen molar-refractivity contribution in [3.05, 3.63) is 21.3 Å². The Morgan fingerprint density at radius 3 is 3.00 bits per heavy atom. The van der Waals surface area contributed by atoms with Crippen LogP contribution in [0.25, 0.3) is 0 Å². The molecule has 1 unspecified atom stereocenters. The zero-order chi connectivity index (χ0) is 10.8. The maximum Gasteiger partial charge on any atom is 0.262 e. The molecule has 82 valence electrons. The Hall–Kier alpha value is -0.0600. The smallest absolute Gasteiger partial charge is 0.262 e. The predicted molar refractivity (Wildman–Crippen MR) is 67.1 cm³/mol. The standard InChI is InChI=1S/C10H11BrClNOS/c11-7(6-1-2-6)5-13-10(14)9-8(12)3-4-15-9/h3-4,6-7H,1-2,5H2,(H,13,14). The topological polar surface area (TPSA) is 29.1 Å². The number of carbonyl (C=O) groups is 1. The zero-order valence-electron chi connectivity index (χ0n) is 8.00. The molecule has 1 aromatic rings. The summed E-state index contributed by atoms with van der Waals surface area (Å²) in [6.07, 6.45) is 2.54. The Labute approximate surface area is 106 Å². The van der Waals surface area contributed by atoms with Crippen LogP contribution in [0, 0.1) is 5.92 Å². The predicted octanol–water partition coefficient (Wildman–Crippen LogP) is 3.30. The van der Waals surface area contributed by atoms with Crippen molar-refractivity contribution in [2.24, 2.45) is 5.92 Å². The highest BCUT2D eigenvalue weighted by molar-refractivity contribution is 9.09. The van der Waals surface area contributed by atoms with E-state index in [4.69, 9.17) is 11.6 Å². The minimum absolute atomic E-state index is 0.0694. The summed E-state index contributed by atoms with van der Waals surface area (Å²) in [6.45, 7) is 0.678. The van der Waals surface area contributed by atoms with Crippen LogP contribution in [0.2, 0.25) is 5.02 Å². The number of hydrogen-bond acceptors (Lipinski definition) is 2. The first-order valence-electron chi connectivity index (χ1n) is 4.83. The molecule has 2 rings (SSSR count). The molecule has 0 aliphatic heterocycles. The maximum atomic E-state index is 11.7. The number of alkyl halides is 1. The number of nitrogens with one attached hydrogen (secondary N) is 1. The molecular formula is C10H11BrClNOS. The summed E-state index contributed by atoms with van der Waals surface area (Å²) in [5.74, 6) is 0.671. The van der Waals surface area contributed by atoms with E-state index in [9.17, 15) is 4.79 Å². The van der Waals surface area contributed by atoms with Crippen molar-refractivity contribution in [1.82, 2.24) is 5.32 Å². The van der Waals surface area contributed by atoms with Crippen LogP contribution >= 0.6 is 38.9 Å². The lowest BCUT2D eigenvalue weighted by Crippen LogP contribution is -2.29. The fraction of sp³-hybridized carbons (Fsp3) is 0.500. The first-order valence-corrected chi connectivity index (χ1v) is 7.01. The molecule has 1 aliphatic carbocycles. The second-order valence-corrected chi connectivity index (χ2v) is 6.16. The minimum atomic E-state index is -0.0694. The normalized spacial score (nSPS) is 17.5. The molecule has 0 bridgehead atoms. The van der Waals surface area contributed by atoms with Gasteiger partial charge in [0.1, 0.15) is 4.88 Å². The summed E-state index contributed by atoms with van der Waals surface area (Å²) < 4.78 is 0. The zero-order valence-corrected chi connectivity index (χ0v) is 11.2. The lowest BCUT2D eigenvalue weighted by Gasteiger charge is -2.09. The van der Waals surface area contributed by atoms with Crippen LogP contribution in [0.15, 0.2) is 11.4 Å². The van der Waals surface area contributed by atoms with E-state index in [1.165, 1.54) is 24.2 Å². The third-order valence-electron chi connectivity index (χ3n) is 2.41. The molecular weight excluding hydrogens is 298 g/mol. The lowest BCUT2D eigenvalue weighted by molar-refractivity contribution is 0.0957. The summed E-state index contributed by atoms with van der Waals surface area (Å²) >= 11 is 10.8. The van der Waals surface area contributed by atoms with Gasteiger partial charge in [0, 0.05) is 11.4 Å². The molecule has 1 aliphatic rings. The van der Waals surface area contributed by atoms with E-state index in [0.717, 1.165) is 5.92 Å². The first-order chi connectivity index (χ1) is 7.18. The van der Waals surface area contributed by atoms with Crippen molar-refractivity contribution < 1.29 is 4.79 Å². The minimum Gasteiger partial charge on any atom is -0.350 e. The van der Waals surface area contributed by atoms with Gasteiger partial charge in [-0.25, -0.2) is 0 Å². The molecule has 1 fully saturated rings. The second-order valence-electron chi connectivity index (χ2n) is 3.66. The van der Waals surface area contributed by atoms with Crippen molar-refractivity contribution >= 4 is 44.8 Å². The van der Waals surface area contributed by atoms with Gasteiger partial charge in [0.2, 0.25) is 0 Å². The van der Waals surface area contributed by atoms with Crippen molar-refractivity contribution in [2.45, 2.75) is 17.7 Å². The summed E-state index contributed by atoms with van der Waals surface area (Å²) in [5.41, 5.74) is 0. The van der Waals surface area contributed by atoms with Crippen molar-refractivity contribution in [3.63, 3.8) is 0 Å². The number of rotatable bonds is 4. The van der Waals surface area contributed by atoms with Crippen LogP contribution < -0.4 is 5.32 Å². The Morgan fingerprint density at radius 1 is 1.73 bits per heavy atom. The van der Waals surface area contributed by atoms with E-state index >= 15 is 0 Å². The van der Waals surface area contributed by atoms with E-state index in [-0.39, 0.29) is 5.91 Å². The van der Waals surface area contributed by atoms with Gasteiger partial charge in [-0.05, 0) is 30.2 Å². The SMILES string of the molecule is O=C(NCC(Br)C1CC1)c1sccc1Cl. The van der Waals surface area contributed by atoms with Gasteiger partial charge in [-0.15, -0.1) is 11.3 Å². The fourth-order valence-electron chi connectivity index (χ4n) is 1.35. The van der Waals surface area contributed by atoms with Gasteiger partial charge in [-0.2, -0.15) is 0 Å². The highest BCUT2D eigenvalue weighted by atomic mass is 79.9. The molecule has 1 saturated carbocycles. The molecule has 0 radical (unpaired) electrons. The van der Waals surface area contributed by atoms with Crippen LogP contribution in [-0.2, 0) is 0 Å². The first kappa shape index (κ1) is 11.4. The second kappa shape index (κ2) is 4.85. The Kier molecular flexibility index (Phi) is 3.69. The molecule has 1 N–H and O–H groups in total. The van der Waals surface area contributed by atoms with Gasteiger partial charge in [0.05, 0.1) is 5.02 Å². The molecule has 1 amide bonds. The van der Waals surface area contributed by atoms with E-state index in [1.54, 1.807) is 6.07 Å². The molecule has 1 aromatic heterocycles. The van der Waals surface area contributed by atoms with Gasteiger partial charge >= 0.3 is 0 Å². The van der Waals surface area contributed by atoms with Crippen molar-refractivity contribution in [3.8, 4) is 0 Å². The van der Waals surface area contributed by atoms with Crippen LogP contribution in [0.1, 0.15) is 22.5 Å². The maximum absolute atomic E-state index is 11.7. The summed E-state index contributed by atoms with van der Waals surface area (Å²) in [6, 6.07) is 1.74. The lowest BCUT2D eigenvalue weighted by atomic mass is 10.3. The summed E-state index contributed by atoms with van der Waals surface area (Å²) in [7, 11) is 0. The molecule has 0 aromatic carbocycles. The Bertz CT molecular complexity index is 364. The monoisotopic (exact) mass is 307 g/mol. The Balaban J connectivity index is 1.84. The fourth-order valence-corrected chi connectivity index (χ4v) is 3.10. The van der Waals surface area contributed by atoms with Crippen LogP contribution in [0.5, 0.6) is 0 Å². The molecule has 1 heterocycles. The number of carbonyl (C=O) groups excluding carboxylic acids is 1. The molecule has 1 atom stereocenters. The van der Waals surface area contributed by atoms with Gasteiger partial charge in [0.25, 0.3) is 5.91 Å². The number of thiophene rings is 1. The van der Waals surface area contributed by atoms with Crippen molar-refractivity contribution in [1.29, 1.82) is 0 Å². The third-order valence-corrected chi connectivity index (χ3v) is 4.83. The van der Waals surface area contributed by atoms with Crippen LogP contribution in [0.4, 0.5) is 0 Å². The van der Waals surface area contributed by atoms with Crippen molar-refractivity contribution in [2.75, 3.05) is 6.54 Å². The van der Waals surface area contributed by atoms with E-state index in [2.05, 4.69) is 21.2 Å². The van der Waals surface area contributed by atoms with Gasteiger partial charge in [-0.3, -0.25) is 4.79 Å². The average molecular weight is 309 g/mol. The highest BCUT2D eigenvalue weighted by Crippen LogP contribution is 2.36. The third kappa shape index (κ3) is 2.95.